The number of benzene rings is 2. The number of carbonyl (C=O) groups is 1. The zero-order valence-corrected chi connectivity index (χ0v) is 17.0. The zero-order chi connectivity index (χ0) is 21.1. The molecule has 0 fully saturated rings. The van der Waals surface area contributed by atoms with E-state index in [-0.39, 0.29) is 12.3 Å². The quantitative estimate of drug-likeness (QED) is 0.640. The molecule has 0 saturated heterocycles. The Kier molecular flexibility index (Phi) is 5.77. The van der Waals surface area contributed by atoms with E-state index >= 15 is 0 Å². The van der Waals surface area contributed by atoms with Crippen LogP contribution < -0.4 is 25.2 Å². The summed E-state index contributed by atoms with van der Waals surface area (Å²) in [4.78, 5) is 25.2. The van der Waals surface area contributed by atoms with Gasteiger partial charge in [-0.3, -0.25) is 4.79 Å². The fraction of sp³-hybridized carbons (Fsp3) is 0.273. The lowest BCUT2D eigenvalue weighted by atomic mass is 10.0. The van der Waals surface area contributed by atoms with Crippen molar-refractivity contribution in [2.75, 3.05) is 26.6 Å². The van der Waals surface area contributed by atoms with Crippen molar-refractivity contribution in [3.63, 3.8) is 0 Å². The van der Waals surface area contributed by atoms with Crippen molar-refractivity contribution < 1.29 is 23.4 Å². The SMILES string of the molecule is COc1cc(NC(=O)Cc2c(C)c3ccc(OC)c(C)c3oc2=O)cc(OC)c1. The number of hydrogen-bond donors (Lipinski definition) is 1. The minimum atomic E-state index is -0.537. The van der Waals surface area contributed by atoms with E-state index in [0.717, 1.165) is 10.9 Å². The van der Waals surface area contributed by atoms with Gasteiger partial charge in [0.1, 0.15) is 22.8 Å². The number of ether oxygens (including phenoxy) is 3. The Morgan fingerprint density at radius 1 is 0.966 bits per heavy atom. The molecule has 29 heavy (non-hydrogen) atoms. The van der Waals surface area contributed by atoms with E-state index < -0.39 is 5.63 Å². The number of carbonyl (C=O) groups excluding carboxylic acids is 1. The van der Waals surface area contributed by atoms with Crippen LogP contribution in [-0.2, 0) is 11.2 Å². The molecule has 152 valence electrons. The van der Waals surface area contributed by atoms with Crippen molar-refractivity contribution in [2.24, 2.45) is 0 Å². The first-order valence-electron chi connectivity index (χ1n) is 9.00. The molecule has 0 saturated carbocycles. The Balaban J connectivity index is 1.92. The lowest BCUT2D eigenvalue weighted by molar-refractivity contribution is -0.115. The molecule has 3 rings (SSSR count). The van der Waals surface area contributed by atoms with Crippen molar-refractivity contribution >= 4 is 22.6 Å². The molecule has 0 bridgehead atoms. The van der Waals surface area contributed by atoms with E-state index in [1.165, 1.54) is 14.2 Å². The molecule has 0 aliphatic carbocycles. The van der Waals surface area contributed by atoms with Gasteiger partial charge >= 0.3 is 5.63 Å². The highest BCUT2D eigenvalue weighted by Gasteiger charge is 2.18. The monoisotopic (exact) mass is 397 g/mol. The highest BCUT2D eigenvalue weighted by atomic mass is 16.5. The van der Waals surface area contributed by atoms with Crippen molar-refractivity contribution in [2.45, 2.75) is 20.3 Å². The Morgan fingerprint density at radius 2 is 1.62 bits per heavy atom. The Labute approximate surface area is 168 Å². The minimum Gasteiger partial charge on any atom is -0.497 e. The summed E-state index contributed by atoms with van der Waals surface area (Å²) in [6.45, 7) is 3.63. The molecule has 2 aromatic carbocycles. The third-order valence-corrected chi connectivity index (χ3v) is 4.85. The predicted molar refractivity (Wildman–Crippen MR) is 110 cm³/mol. The first-order valence-corrected chi connectivity index (χ1v) is 9.00. The van der Waals surface area contributed by atoms with Gasteiger partial charge in [-0.1, -0.05) is 0 Å². The van der Waals surface area contributed by atoms with Crippen molar-refractivity contribution in [1.29, 1.82) is 0 Å². The summed E-state index contributed by atoms with van der Waals surface area (Å²) in [6, 6.07) is 8.69. The highest BCUT2D eigenvalue weighted by Crippen LogP contribution is 2.29. The number of amides is 1. The predicted octanol–water partition coefficient (Wildman–Crippen LogP) is 3.62. The molecule has 3 aromatic rings. The minimum absolute atomic E-state index is 0.116. The van der Waals surface area contributed by atoms with Crippen LogP contribution in [0, 0.1) is 13.8 Å². The third kappa shape index (κ3) is 4.03. The maximum Gasteiger partial charge on any atom is 0.340 e. The summed E-state index contributed by atoms with van der Waals surface area (Å²) < 4.78 is 21.2. The van der Waals surface area contributed by atoms with Crippen LogP contribution in [0.3, 0.4) is 0 Å². The highest BCUT2D eigenvalue weighted by molar-refractivity contribution is 5.94. The van der Waals surface area contributed by atoms with Gasteiger partial charge < -0.3 is 23.9 Å². The van der Waals surface area contributed by atoms with Crippen LogP contribution in [-0.4, -0.2) is 27.2 Å². The maximum atomic E-state index is 12.6. The molecular formula is C22H23NO6. The van der Waals surface area contributed by atoms with Crippen LogP contribution in [0.25, 0.3) is 11.0 Å². The van der Waals surface area contributed by atoms with Gasteiger partial charge in [-0.15, -0.1) is 0 Å². The molecule has 0 atom stereocenters. The molecular weight excluding hydrogens is 374 g/mol. The van der Waals surface area contributed by atoms with Crippen LogP contribution in [0.4, 0.5) is 5.69 Å². The van der Waals surface area contributed by atoms with Crippen molar-refractivity contribution in [1.82, 2.24) is 0 Å². The summed E-state index contributed by atoms with van der Waals surface area (Å²) in [6.07, 6.45) is -0.116. The molecule has 7 nitrogen and oxygen atoms in total. The van der Waals surface area contributed by atoms with Gasteiger partial charge in [-0.05, 0) is 31.5 Å². The van der Waals surface area contributed by atoms with Gasteiger partial charge in [-0.25, -0.2) is 4.79 Å². The maximum absolute atomic E-state index is 12.6. The van der Waals surface area contributed by atoms with E-state index in [4.69, 9.17) is 18.6 Å². The third-order valence-electron chi connectivity index (χ3n) is 4.85. The summed E-state index contributed by atoms with van der Waals surface area (Å²) in [5.74, 6) is 1.38. The number of hydrogen-bond acceptors (Lipinski definition) is 6. The zero-order valence-electron chi connectivity index (χ0n) is 17.0. The topological polar surface area (TPSA) is 87.0 Å². The molecule has 1 heterocycles. The lowest BCUT2D eigenvalue weighted by Crippen LogP contribution is -2.20. The van der Waals surface area contributed by atoms with E-state index in [0.29, 0.717) is 39.6 Å². The number of methoxy groups -OCH3 is 3. The second-order valence-electron chi connectivity index (χ2n) is 6.59. The van der Waals surface area contributed by atoms with Gasteiger partial charge in [0.2, 0.25) is 5.91 Å². The van der Waals surface area contributed by atoms with E-state index in [1.54, 1.807) is 25.3 Å². The number of anilines is 1. The lowest BCUT2D eigenvalue weighted by Gasteiger charge is -2.12. The molecule has 0 radical (unpaired) electrons. The van der Waals surface area contributed by atoms with Crippen LogP contribution in [0.1, 0.15) is 16.7 Å². The van der Waals surface area contributed by atoms with Crippen LogP contribution >= 0.6 is 0 Å². The van der Waals surface area contributed by atoms with Gasteiger partial charge in [0.15, 0.2) is 0 Å². The number of rotatable bonds is 6. The van der Waals surface area contributed by atoms with Crippen LogP contribution in [0.5, 0.6) is 17.2 Å². The molecule has 0 aliphatic heterocycles. The molecule has 0 unspecified atom stereocenters. The van der Waals surface area contributed by atoms with Gasteiger partial charge in [0, 0.05) is 34.8 Å². The molecule has 1 amide bonds. The van der Waals surface area contributed by atoms with Crippen molar-refractivity contribution in [3.05, 3.63) is 57.4 Å². The number of fused-ring (bicyclic) bond motifs is 1. The molecule has 7 heteroatoms. The first-order chi connectivity index (χ1) is 13.9. The average molecular weight is 397 g/mol. The number of nitrogens with one attached hydrogen (secondary N) is 1. The molecule has 0 spiro atoms. The summed E-state index contributed by atoms with van der Waals surface area (Å²) >= 11 is 0. The number of aryl methyl sites for hydroxylation is 2. The van der Waals surface area contributed by atoms with Crippen LogP contribution in [0.2, 0.25) is 0 Å². The molecule has 1 aromatic heterocycles. The molecule has 1 N–H and O–H groups in total. The largest absolute Gasteiger partial charge is 0.497 e. The van der Waals surface area contributed by atoms with Crippen molar-refractivity contribution in [3.8, 4) is 17.2 Å². The summed E-state index contributed by atoms with van der Waals surface area (Å²) in [7, 11) is 4.62. The van der Waals surface area contributed by atoms with Crippen LogP contribution in [0.15, 0.2) is 39.5 Å². The first kappa shape index (κ1) is 20.3. The van der Waals surface area contributed by atoms with E-state index in [9.17, 15) is 9.59 Å². The van der Waals surface area contributed by atoms with E-state index in [1.807, 2.05) is 26.0 Å². The Hall–Kier alpha value is -3.48. The summed E-state index contributed by atoms with van der Waals surface area (Å²) in [5, 5.41) is 3.54. The normalized spacial score (nSPS) is 10.7. The Bertz CT molecular complexity index is 1110. The van der Waals surface area contributed by atoms with Gasteiger partial charge in [0.25, 0.3) is 0 Å². The fourth-order valence-electron chi connectivity index (χ4n) is 3.24. The average Bonchev–Trinajstić information content (AvgIpc) is 2.71. The fourth-order valence-corrected chi connectivity index (χ4v) is 3.24. The van der Waals surface area contributed by atoms with Gasteiger partial charge in [-0.2, -0.15) is 0 Å². The molecule has 0 aliphatic rings. The van der Waals surface area contributed by atoms with Gasteiger partial charge in [0.05, 0.1) is 33.3 Å². The second kappa shape index (κ2) is 8.26. The smallest absolute Gasteiger partial charge is 0.340 e. The second-order valence-corrected chi connectivity index (χ2v) is 6.59. The standard InChI is InChI=1S/C22H23NO6/c1-12-17-6-7-19(28-5)13(2)21(17)29-22(25)18(12)11-20(24)23-14-8-15(26-3)10-16(9-14)27-4/h6-10H,11H2,1-5H3,(H,23,24). The summed E-state index contributed by atoms with van der Waals surface area (Å²) in [5.41, 5.74) is 2.20. The van der Waals surface area contributed by atoms with E-state index in [2.05, 4.69) is 5.32 Å². The Morgan fingerprint density at radius 3 is 2.21 bits per heavy atom.